The summed E-state index contributed by atoms with van der Waals surface area (Å²) < 4.78 is 7.40. The molecular weight excluding hydrogens is 270 g/mol. The largest absolute Gasteiger partial charge is 0.481 e. The summed E-state index contributed by atoms with van der Waals surface area (Å²) in [7, 11) is 0. The van der Waals surface area contributed by atoms with Crippen LogP contribution in [0, 0.1) is 5.92 Å². The molecule has 0 bridgehead atoms. The minimum absolute atomic E-state index is 0.0576. The van der Waals surface area contributed by atoms with Crippen molar-refractivity contribution in [2.24, 2.45) is 5.92 Å². The molecule has 0 radical (unpaired) electrons. The van der Waals surface area contributed by atoms with Gasteiger partial charge in [-0.3, -0.25) is 14.4 Å². The van der Waals surface area contributed by atoms with Crippen molar-refractivity contribution in [1.29, 1.82) is 0 Å². The van der Waals surface area contributed by atoms with E-state index in [9.17, 15) is 9.90 Å². The van der Waals surface area contributed by atoms with Gasteiger partial charge < -0.3 is 9.84 Å². The zero-order chi connectivity index (χ0) is 15.4. The number of nitrogens with zero attached hydrogens (tertiary/aromatic N) is 3. The first-order valence-electron chi connectivity index (χ1n) is 7.70. The molecule has 1 N–H and O–H groups in total. The van der Waals surface area contributed by atoms with E-state index in [0.29, 0.717) is 13.2 Å². The second-order valence-electron chi connectivity index (χ2n) is 5.41. The smallest absolute Gasteiger partial charge is 0.310 e. The van der Waals surface area contributed by atoms with E-state index in [0.717, 1.165) is 37.4 Å². The van der Waals surface area contributed by atoms with E-state index < -0.39 is 11.9 Å². The van der Waals surface area contributed by atoms with Crippen LogP contribution in [-0.2, 0) is 29.0 Å². The first kappa shape index (κ1) is 16.0. The van der Waals surface area contributed by atoms with E-state index >= 15 is 0 Å². The molecule has 1 aromatic heterocycles. The van der Waals surface area contributed by atoms with Crippen molar-refractivity contribution in [2.75, 3.05) is 19.8 Å². The predicted molar refractivity (Wildman–Crippen MR) is 79.1 cm³/mol. The molecule has 0 aromatic carbocycles. The second-order valence-corrected chi connectivity index (χ2v) is 5.41. The van der Waals surface area contributed by atoms with Crippen molar-refractivity contribution < 1.29 is 14.6 Å². The summed E-state index contributed by atoms with van der Waals surface area (Å²) in [4.78, 5) is 13.5. The number of carbonyl (C=O) groups is 1. The SMILES string of the molecule is CCc1cc(CN(CC)C2COCC2C(=O)O)n(CC)n1. The zero-order valence-corrected chi connectivity index (χ0v) is 13.1. The van der Waals surface area contributed by atoms with Gasteiger partial charge in [0.15, 0.2) is 0 Å². The van der Waals surface area contributed by atoms with Crippen LogP contribution >= 0.6 is 0 Å². The molecule has 1 saturated heterocycles. The van der Waals surface area contributed by atoms with Gasteiger partial charge in [-0.25, -0.2) is 0 Å². The van der Waals surface area contributed by atoms with Crippen molar-refractivity contribution in [3.8, 4) is 0 Å². The highest BCUT2D eigenvalue weighted by atomic mass is 16.5. The Morgan fingerprint density at radius 1 is 1.48 bits per heavy atom. The molecular formula is C15H25N3O3. The van der Waals surface area contributed by atoms with Gasteiger partial charge in [0.1, 0.15) is 0 Å². The summed E-state index contributed by atoms with van der Waals surface area (Å²) in [5.74, 6) is -1.21. The number of likely N-dealkylation sites (N-methyl/N-ethyl adjacent to an activating group) is 1. The van der Waals surface area contributed by atoms with Crippen LogP contribution in [0.1, 0.15) is 32.2 Å². The Morgan fingerprint density at radius 3 is 2.81 bits per heavy atom. The average molecular weight is 295 g/mol. The van der Waals surface area contributed by atoms with E-state index in [1.807, 2.05) is 4.68 Å². The van der Waals surface area contributed by atoms with Crippen LogP contribution in [-0.4, -0.2) is 51.6 Å². The summed E-state index contributed by atoms with van der Waals surface area (Å²) in [6.45, 7) is 9.37. The van der Waals surface area contributed by atoms with E-state index in [1.54, 1.807) is 0 Å². The molecule has 1 aliphatic rings. The van der Waals surface area contributed by atoms with Crippen LogP contribution in [0.2, 0.25) is 0 Å². The number of rotatable bonds is 7. The normalized spacial score (nSPS) is 22.1. The Morgan fingerprint density at radius 2 is 2.24 bits per heavy atom. The predicted octanol–water partition coefficient (Wildman–Crippen LogP) is 1.39. The molecule has 6 nitrogen and oxygen atoms in total. The van der Waals surface area contributed by atoms with Crippen LogP contribution in [0.4, 0.5) is 0 Å². The molecule has 1 fully saturated rings. The third-order valence-electron chi connectivity index (χ3n) is 4.18. The molecule has 6 heteroatoms. The maximum Gasteiger partial charge on any atom is 0.310 e. The molecule has 0 spiro atoms. The zero-order valence-electron chi connectivity index (χ0n) is 13.1. The number of hydrogen-bond acceptors (Lipinski definition) is 4. The van der Waals surface area contributed by atoms with Crippen LogP contribution < -0.4 is 0 Å². The van der Waals surface area contributed by atoms with E-state index in [2.05, 4.69) is 36.8 Å². The van der Waals surface area contributed by atoms with E-state index in [1.165, 1.54) is 0 Å². The molecule has 2 atom stereocenters. The molecule has 0 amide bonds. The summed E-state index contributed by atoms with van der Waals surface area (Å²) in [6.07, 6.45) is 0.913. The lowest BCUT2D eigenvalue weighted by atomic mass is 10.0. The van der Waals surface area contributed by atoms with Crippen LogP contribution in [0.25, 0.3) is 0 Å². The Hall–Kier alpha value is -1.40. The Bertz CT molecular complexity index is 487. The minimum Gasteiger partial charge on any atom is -0.481 e. The Kier molecular flexibility index (Phi) is 5.36. The molecule has 118 valence electrons. The summed E-state index contributed by atoms with van der Waals surface area (Å²) >= 11 is 0. The fraction of sp³-hybridized carbons (Fsp3) is 0.733. The lowest BCUT2D eigenvalue weighted by molar-refractivity contribution is -0.143. The highest BCUT2D eigenvalue weighted by Crippen LogP contribution is 2.22. The van der Waals surface area contributed by atoms with Crippen molar-refractivity contribution in [2.45, 2.75) is 46.3 Å². The number of aliphatic carboxylic acids is 1. The van der Waals surface area contributed by atoms with Crippen molar-refractivity contribution in [1.82, 2.24) is 14.7 Å². The van der Waals surface area contributed by atoms with Crippen molar-refractivity contribution >= 4 is 5.97 Å². The molecule has 1 aromatic rings. The van der Waals surface area contributed by atoms with Crippen molar-refractivity contribution in [3.05, 3.63) is 17.5 Å². The number of aryl methyl sites for hydroxylation is 2. The van der Waals surface area contributed by atoms with Gasteiger partial charge in [-0.1, -0.05) is 13.8 Å². The molecule has 2 heterocycles. The summed E-state index contributed by atoms with van der Waals surface area (Å²) in [5, 5.41) is 13.9. The fourth-order valence-corrected chi connectivity index (χ4v) is 2.90. The first-order chi connectivity index (χ1) is 10.1. The van der Waals surface area contributed by atoms with Gasteiger partial charge in [-0.05, 0) is 26.0 Å². The molecule has 2 unspecified atom stereocenters. The summed E-state index contributed by atoms with van der Waals surface area (Å²) in [6, 6.07) is 2.07. The number of carboxylic acid groups (broad SMARTS) is 1. The quantitative estimate of drug-likeness (QED) is 0.823. The van der Waals surface area contributed by atoms with Gasteiger partial charge in [0, 0.05) is 19.1 Å². The lowest BCUT2D eigenvalue weighted by Gasteiger charge is -2.29. The average Bonchev–Trinajstić information content (AvgIpc) is 3.10. The monoisotopic (exact) mass is 295 g/mol. The Balaban J connectivity index is 2.15. The van der Waals surface area contributed by atoms with Crippen LogP contribution in [0.15, 0.2) is 6.07 Å². The summed E-state index contributed by atoms with van der Waals surface area (Å²) in [5.41, 5.74) is 2.23. The molecule has 21 heavy (non-hydrogen) atoms. The maximum absolute atomic E-state index is 11.3. The maximum atomic E-state index is 11.3. The van der Waals surface area contributed by atoms with E-state index in [4.69, 9.17) is 4.74 Å². The minimum atomic E-state index is -0.769. The number of ether oxygens (including phenoxy) is 1. The third-order valence-corrected chi connectivity index (χ3v) is 4.18. The van der Waals surface area contributed by atoms with Gasteiger partial charge in [0.2, 0.25) is 0 Å². The highest BCUT2D eigenvalue weighted by Gasteiger charge is 2.37. The van der Waals surface area contributed by atoms with Gasteiger partial charge in [-0.15, -0.1) is 0 Å². The second kappa shape index (κ2) is 7.04. The van der Waals surface area contributed by atoms with Crippen LogP contribution in [0.5, 0.6) is 0 Å². The number of hydrogen-bond donors (Lipinski definition) is 1. The molecule has 0 aliphatic carbocycles. The molecule has 1 aliphatic heterocycles. The number of aromatic nitrogens is 2. The van der Waals surface area contributed by atoms with E-state index in [-0.39, 0.29) is 6.04 Å². The fourth-order valence-electron chi connectivity index (χ4n) is 2.90. The molecule has 0 saturated carbocycles. The van der Waals surface area contributed by atoms with Crippen LogP contribution in [0.3, 0.4) is 0 Å². The Labute approximate surface area is 125 Å². The number of carboxylic acids is 1. The van der Waals surface area contributed by atoms with Gasteiger partial charge >= 0.3 is 5.97 Å². The molecule has 2 rings (SSSR count). The standard InChI is InChI=1S/C15H25N3O3/c1-4-11-7-12(18(6-3)16-11)8-17(5-2)14-10-21-9-13(14)15(19)20/h7,13-14H,4-6,8-10H2,1-3H3,(H,19,20). The van der Waals surface area contributed by atoms with Gasteiger partial charge in [0.25, 0.3) is 0 Å². The third kappa shape index (κ3) is 3.44. The van der Waals surface area contributed by atoms with Gasteiger partial charge in [-0.2, -0.15) is 5.10 Å². The first-order valence-corrected chi connectivity index (χ1v) is 7.70. The topological polar surface area (TPSA) is 67.6 Å². The van der Waals surface area contributed by atoms with Gasteiger partial charge in [0.05, 0.1) is 30.5 Å². The highest BCUT2D eigenvalue weighted by molar-refractivity contribution is 5.71. The van der Waals surface area contributed by atoms with Crippen molar-refractivity contribution in [3.63, 3.8) is 0 Å². The lowest BCUT2D eigenvalue weighted by Crippen LogP contribution is -2.43.